The number of rotatable bonds is 5. The van der Waals surface area contributed by atoms with Crippen LogP contribution in [0.1, 0.15) is 93.4 Å². The minimum absolute atomic E-state index is 0.121. The summed E-state index contributed by atoms with van der Waals surface area (Å²) in [4.78, 5) is 11.5. The Kier molecular flexibility index (Phi) is 5.73. The highest BCUT2D eigenvalue weighted by molar-refractivity contribution is 5.66. The molecule has 6 unspecified atom stereocenters. The lowest BCUT2D eigenvalue weighted by atomic mass is 9.61. The molecule has 4 nitrogen and oxygen atoms in total. The molecule has 3 aliphatic rings. The lowest BCUT2D eigenvalue weighted by molar-refractivity contribution is -0.158. The Morgan fingerprint density at radius 1 is 1.15 bits per heavy atom. The van der Waals surface area contributed by atoms with Gasteiger partial charge in [0.25, 0.3) is 0 Å². The topological polar surface area (TPSA) is 44.8 Å². The molecule has 0 bridgehead atoms. The van der Waals surface area contributed by atoms with Gasteiger partial charge in [-0.15, -0.1) is 0 Å². The first-order valence-electron chi connectivity index (χ1n) is 11.0. The average Bonchev–Trinajstić information content (AvgIpc) is 2.97. The van der Waals surface area contributed by atoms with Crippen LogP contribution in [0, 0.1) is 23.2 Å². The summed E-state index contributed by atoms with van der Waals surface area (Å²) in [7, 11) is 0. The quantitative estimate of drug-likeness (QED) is 0.592. The fourth-order valence-electron chi connectivity index (χ4n) is 6.68. The molecule has 3 rings (SSSR count). The van der Waals surface area contributed by atoms with Gasteiger partial charge in [0.2, 0.25) is 0 Å². The number of hydrogen-bond donors (Lipinski definition) is 0. The molecule has 1 saturated heterocycles. The molecule has 0 aromatic carbocycles. The van der Waals surface area contributed by atoms with Crippen molar-refractivity contribution in [2.45, 2.75) is 117 Å². The fourth-order valence-corrected chi connectivity index (χ4v) is 6.68. The number of fused-ring (bicyclic) bond motifs is 1. The van der Waals surface area contributed by atoms with E-state index < -0.39 is 5.79 Å². The molecule has 2 saturated carbocycles. The van der Waals surface area contributed by atoms with Crippen molar-refractivity contribution in [3.63, 3.8) is 0 Å². The molecule has 0 spiro atoms. The molecule has 27 heavy (non-hydrogen) atoms. The van der Waals surface area contributed by atoms with E-state index in [9.17, 15) is 4.79 Å². The molecule has 1 aliphatic heterocycles. The molecule has 0 amide bonds. The van der Waals surface area contributed by atoms with E-state index in [-0.39, 0.29) is 23.8 Å². The summed E-state index contributed by atoms with van der Waals surface area (Å²) < 4.78 is 18.0. The summed E-state index contributed by atoms with van der Waals surface area (Å²) in [6, 6.07) is 0. The van der Waals surface area contributed by atoms with Crippen LogP contribution in [0.25, 0.3) is 0 Å². The third-order valence-corrected chi connectivity index (χ3v) is 7.73. The first-order chi connectivity index (χ1) is 12.4. The largest absolute Gasteiger partial charge is 0.462 e. The summed E-state index contributed by atoms with van der Waals surface area (Å²) in [5.41, 5.74) is 0.0796. The standard InChI is InChI=1S/C23H40O4/c1-15(10-13-20-21(3,4)27-22(5,6)26-20)17-11-12-18-19(25-16(2)24)9-8-14-23(17,18)7/h15,17-20H,8-14H2,1-7H3. The zero-order valence-electron chi connectivity index (χ0n) is 18.5. The van der Waals surface area contributed by atoms with Crippen LogP contribution < -0.4 is 0 Å². The van der Waals surface area contributed by atoms with Crippen LogP contribution in [0.5, 0.6) is 0 Å². The molecule has 4 heteroatoms. The van der Waals surface area contributed by atoms with Crippen molar-refractivity contribution in [3.8, 4) is 0 Å². The lowest BCUT2D eigenvalue weighted by Gasteiger charge is -2.46. The summed E-state index contributed by atoms with van der Waals surface area (Å²) in [5, 5.41) is 0. The average molecular weight is 381 g/mol. The third kappa shape index (κ3) is 4.22. The van der Waals surface area contributed by atoms with Gasteiger partial charge in [0.15, 0.2) is 5.79 Å². The zero-order chi connectivity index (χ0) is 20.0. The molecule has 0 radical (unpaired) electrons. The van der Waals surface area contributed by atoms with Gasteiger partial charge in [0.05, 0.1) is 11.7 Å². The van der Waals surface area contributed by atoms with Gasteiger partial charge in [-0.1, -0.05) is 13.8 Å². The Bertz CT molecular complexity index is 555. The number of carbonyl (C=O) groups excluding carboxylic acids is 1. The van der Waals surface area contributed by atoms with E-state index in [0.29, 0.717) is 23.2 Å². The van der Waals surface area contributed by atoms with Crippen LogP contribution in [-0.4, -0.2) is 29.6 Å². The fraction of sp³-hybridized carbons (Fsp3) is 0.957. The molecule has 0 N–H and O–H groups in total. The van der Waals surface area contributed by atoms with Gasteiger partial charge < -0.3 is 14.2 Å². The minimum atomic E-state index is -0.484. The van der Waals surface area contributed by atoms with E-state index in [4.69, 9.17) is 14.2 Å². The minimum Gasteiger partial charge on any atom is -0.462 e. The molecule has 3 fully saturated rings. The predicted molar refractivity (Wildman–Crippen MR) is 106 cm³/mol. The van der Waals surface area contributed by atoms with E-state index in [0.717, 1.165) is 12.8 Å². The Balaban J connectivity index is 1.62. The maximum Gasteiger partial charge on any atom is 0.302 e. The van der Waals surface area contributed by atoms with Crippen LogP contribution in [0.15, 0.2) is 0 Å². The molecule has 6 atom stereocenters. The van der Waals surface area contributed by atoms with Gasteiger partial charge >= 0.3 is 5.97 Å². The van der Waals surface area contributed by atoms with Crippen molar-refractivity contribution in [3.05, 3.63) is 0 Å². The molecule has 156 valence electrons. The number of carbonyl (C=O) groups is 1. The van der Waals surface area contributed by atoms with Gasteiger partial charge in [-0.25, -0.2) is 0 Å². The normalized spacial score (nSPS) is 41.1. The SMILES string of the molecule is CC(=O)OC1CCCC2(C)C(C(C)CCC3OC(C)(C)OC3(C)C)CCC12. The highest BCUT2D eigenvalue weighted by Gasteiger charge is 2.54. The summed E-state index contributed by atoms with van der Waals surface area (Å²) in [5.74, 6) is 1.29. The Hall–Kier alpha value is -0.610. The van der Waals surface area contributed by atoms with Crippen LogP contribution in [0.2, 0.25) is 0 Å². The molecule has 0 aromatic heterocycles. The van der Waals surface area contributed by atoms with Crippen molar-refractivity contribution in [1.29, 1.82) is 0 Å². The van der Waals surface area contributed by atoms with Gasteiger partial charge in [0, 0.05) is 12.8 Å². The van der Waals surface area contributed by atoms with Crippen molar-refractivity contribution in [1.82, 2.24) is 0 Å². The summed E-state index contributed by atoms with van der Waals surface area (Å²) >= 11 is 0. The number of ether oxygens (including phenoxy) is 3. The number of hydrogen-bond acceptors (Lipinski definition) is 4. The highest BCUT2D eigenvalue weighted by atomic mass is 16.8. The van der Waals surface area contributed by atoms with E-state index in [2.05, 4.69) is 27.7 Å². The first-order valence-corrected chi connectivity index (χ1v) is 11.0. The zero-order valence-corrected chi connectivity index (χ0v) is 18.5. The third-order valence-electron chi connectivity index (χ3n) is 7.73. The molecule has 1 heterocycles. The Morgan fingerprint density at radius 2 is 1.85 bits per heavy atom. The number of esters is 1. The van der Waals surface area contributed by atoms with Gasteiger partial charge in [0.1, 0.15) is 6.10 Å². The lowest BCUT2D eigenvalue weighted by Crippen LogP contribution is -2.43. The second kappa shape index (κ2) is 7.33. The maximum absolute atomic E-state index is 11.5. The Labute approximate surface area is 165 Å². The van der Waals surface area contributed by atoms with E-state index >= 15 is 0 Å². The van der Waals surface area contributed by atoms with Crippen LogP contribution >= 0.6 is 0 Å². The summed E-state index contributed by atoms with van der Waals surface area (Å²) in [6.07, 6.45) is 8.44. The van der Waals surface area contributed by atoms with E-state index in [1.807, 2.05) is 13.8 Å². The predicted octanol–water partition coefficient (Wildman–Crippen LogP) is 5.48. The van der Waals surface area contributed by atoms with Crippen molar-refractivity contribution < 1.29 is 19.0 Å². The highest BCUT2D eigenvalue weighted by Crippen LogP contribution is 2.59. The smallest absolute Gasteiger partial charge is 0.302 e. The molecule has 2 aliphatic carbocycles. The Morgan fingerprint density at radius 3 is 2.44 bits per heavy atom. The molecular weight excluding hydrogens is 340 g/mol. The molecular formula is C23H40O4. The van der Waals surface area contributed by atoms with Crippen molar-refractivity contribution >= 4 is 5.97 Å². The van der Waals surface area contributed by atoms with Crippen molar-refractivity contribution in [2.24, 2.45) is 23.2 Å². The van der Waals surface area contributed by atoms with Crippen LogP contribution in [0.3, 0.4) is 0 Å². The van der Waals surface area contributed by atoms with Gasteiger partial charge in [-0.2, -0.15) is 0 Å². The summed E-state index contributed by atoms with van der Waals surface area (Å²) in [6.45, 7) is 14.7. The van der Waals surface area contributed by atoms with E-state index in [1.165, 1.54) is 32.1 Å². The maximum atomic E-state index is 11.5. The van der Waals surface area contributed by atoms with Gasteiger partial charge in [-0.3, -0.25) is 4.79 Å². The monoisotopic (exact) mass is 380 g/mol. The van der Waals surface area contributed by atoms with Crippen LogP contribution in [-0.2, 0) is 19.0 Å². The second-order valence-corrected chi connectivity index (χ2v) is 10.6. The second-order valence-electron chi connectivity index (χ2n) is 10.6. The van der Waals surface area contributed by atoms with Crippen molar-refractivity contribution in [2.75, 3.05) is 0 Å². The molecule has 0 aromatic rings. The first kappa shape index (κ1) is 21.1. The van der Waals surface area contributed by atoms with E-state index in [1.54, 1.807) is 6.92 Å². The van der Waals surface area contributed by atoms with Crippen LogP contribution in [0.4, 0.5) is 0 Å². The van der Waals surface area contributed by atoms with Gasteiger partial charge in [-0.05, 0) is 89.9 Å².